The maximum absolute atomic E-state index is 4.02. The molecule has 2 heterocycles. The lowest BCUT2D eigenvalue weighted by Crippen LogP contribution is -2.14. The number of nitrogens with one attached hydrogen (secondary N) is 1. The molecule has 2 aliphatic heterocycles. The molecule has 2 aliphatic rings. The van der Waals surface area contributed by atoms with E-state index in [-0.39, 0.29) is 0 Å². The quantitative estimate of drug-likeness (QED) is 0.542. The topological polar surface area (TPSA) is 36.8 Å². The van der Waals surface area contributed by atoms with Crippen LogP contribution in [-0.4, -0.2) is 12.6 Å². The minimum atomic E-state index is 0.991. The SMILES string of the molecule is C1=CC2=CN=CNC2=CN=C1. The number of fused-ring (bicyclic) bond motifs is 1. The van der Waals surface area contributed by atoms with E-state index < -0.39 is 0 Å². The second-order valence-corrected chi connectivity index (χ2v) is 2.21. The molecule has 0 unspecified atom stereocenters. The maximum Gasteiger partial charge on any atom is 0.0923 e. The van der Waals surface area contributed by atoms with Crippen LogP contribution >= 0.6 is 0 Å². The van der Waals surface area contributed by atoms with E-state index >= 15 is 0 Å². The summed E-state index contributed by atoms with van der Waals surface area (Å²) in [6.07, 6.45) is 10.8. The Labute approximate surface area is 64.6 Å². The van der Waals surface area contributed by atoms with Crippen LogP contribution in [0.4, 0.5) is 0 Å². The second kappa shape index (κ2) is 2.54. The monoisotopic (exact) mass is 145 g/mol. The molecule has 54 valence electrons. The van der Waals surface area contributed by atoms with Crippen molar-refractivity contribution in [1.82, 2.24) is 5.32 Å². The molecule has 0 aromatic rings. The van der Waals surface area contributed by atoms with Crippen molar-refractivity contribution < 1.29 is 0 Å². The largest absolute Gasteiger partial charge is 0.345 e. The lowest BCUT2D eigenvalue weighted by molar-refractivity contribution is 1.12. The normalized spacial score (nSPS) is 19.6. The Bertz CT molecular complexity index is 305. The van der Waals surface area contributed by atoms with Gasteiger partial charge in [-0.2, -0.15) is 0 Å². The molecule has 0 aliphatic carbocycles. The lowest BCUT2D eigenvalue weighted by atomic mass is 10.2. The molecule has 0 bridgehead atoms. The van der Waals surface area contributed by atoms with Gasteiger partial charge in [-0.05, 0) is 12.2 Å². The Morgan fingerprint density at radius 1 is 1.18 bits per heavy atom. The van der Waals surface area contributed by atoms with E-state index in [4.69, 9.17) is 0 Å². The van der Waals surface area contributed by atoms with Crippen LogP contribution in [0.15, 0.2) is 45.8 Å². The fraction of sp³-hybridized carbons (Fsp3) is 0. The summed E-state index contributed by atoms with van der Waals surface area (Å²) in [6.45, 7) is 0. The third-order valence-electron chi connectivity index (χ3n) is 1.47. The van der Waals surface area contributed by atoms with Gasteiger partial charge >= 0.3 is 0 Å². The van der Waals surface area contributed by atoms with E-state index in [0.717, 1.165) is 11.3 Å². The molecule has 3 heteroatoms. The number of hydrogen-bond donors (Lipinski definition) is 1. The van der Waals surface area contributed by atoms with Gasteiger partial charge in [0.2, 0.25) is 0 Å². The van der Waals surface area contributed by atoms with E-state index in [1.54, 1.807) is 25.0 Å². The van der Waals surface area contributed by atoms with Gasteiger partial charge in [-0.15, -0.1) is 0 Å². The Balaban J connectivity index is 2.44. The van der Waals surface area contributed by atoms with Crippen molar-refractivity contribution in [2.75, 3.05) is 0 Å². The molecule has 0 saturated heterocycles. The Kier molecular flexibility index (Phi) is 1.41. The van der Waals surface area contributed by atoms with Crippen LogP contribution in [0.1, 0.15) is 0 Å². The highest BCUT2D eigenvalue weighted by Gasteiger charge is 2.03. The zero-order valence-electron chi connectivity index (χ0n) is 5.86. The van der Waals surface area contributed by atoms with Crippen molar-refractivity contribution in [1.29, 1.82) is 0 Å². The van der Waals surface area contributed by atoms with Crippen molar-refractivity contribution in [3.05, 3.63) is 35.8 Å². The predicted octanol–water partition coefficient (Wildman–Crippen LogP) is 0.984. The van der Waals surface area contributed by atoms with Gasteiger partial charge in [-0.1, -0.05) is 0 Å². The minimum absolute atomic E-state index is 0.991. The number of nitrogens with zero attached hydrogens (tertiary/aromatic N) is 2. The number of rotatable bonds is 0. The predicted molar refractivity (Wildman–Crippen MR) is 45.4 cm³/mol. The van der Waals surface area contributed by atoms with Gasteiger partial charge in [-0.25, -0.2) is 4.99 Å². The van der Waals surface area contributed by atoms with Gasteiger partial charge in [0, 0.05) is 18.0 Å². The molecular formula is C8H7N3. The zero-order valence-corrected chi connectivity index (χ0v) is 5.86. The average molecular weight is 145 g/mol. The van der Waals surface area contributed by atoms with E-state index in [0.29, 0.717) is 0 Å². The molecule has 0 fully saturated rings. The molecule has 0 radical (unpaired) electrons. The van der Waals surface area contributed by atoms with Crippen LogP contribution in [0, 0.1) is 0 Å². The molecule has 3 nitrogen and oxygen atoms in total. The van der Waals surface area contributed by atoms with Crippen LogP contribution < -0.4 is 5.32 Å². The first-order chi connectivity index (χ1) is 5.47. The van der Waals surface area contributed by atoms with E-state index in [9.17, 15) is 0 Å². The van der Waals surface area contributed by atoms with Crippen molar-refractivity contribution >= 4 is 12.6 Å². The summed E-state index contributed by atoms with van der Waals surface area (Å²) >= 11 is 0. The third-order valence-corrected chi connectivity index (χ3v) is 1.47. The van der Waals surface area contributed by atoms with Crippen molar-refractivity contribution in [3.63, 3.8) is 0 Å². The standard InChI is InChI=1S/C8H7N3/c1-2-7-4-10-6-11-8(7)5-9-3-1/h1-6H,(H,10,11). The fourth-order valence-corrected chi connectivity index (χ4v) is 0.936. The van der Waals surface area contributed by atoms with Gasteiger partial charge < -0.3 is 5.32 Å². The van der Waals surface area contributed by atoms with Crippen LogP contribution in [0.2, 0.25) is 0 Å². The molecule has 1 N–H and O–H groups in total. The number of allylic oxidation sites excluding steroid dienone is 2. The Hall–Kier alpha value is -1.64. The lowest BCUT2D eigenvalue weighted by Gasteiger charge is -2.08. The first kappa shape index (κ1) is 6.09. The maximum atomic E-state index is 4.02. The van der Waals surface area contributed by atoms with E-state index in [1.807, 2.05) is 12.2 Å². The van der Waals surface area contributed by atoms with E-state index in [1.165, 1.54) is 0 Å². The molecule has 0 amide bonds. The molecule has 2 rings (SSSR count). The summed E-state index contributed by atoms with van der Waals surface area (Å²) in [4.78, 5) is 7.97. The second-order valence-electron chi connectivity index (χ2n) is 2.21. The van der Waals surface area contributed by atoms with Crippen molar-refractivity contribution in [2.24, 2.45) is 9.98 Å². The van der Waals surface area contributed by atoms with Gasteiger partial charge in [0.1, 0.15) is 0 Å². The fourth-order valence-electron chi connectivity index (χ4n) is 0.936. The van der Waals surface area contributed by atoms with Gasteiger partial charge in [0.25, 0.3) is 0 Å². The van der Waals surface area contributed by atoms with Crippen LogP contribution in [0.25, 0.3) is 0 Å². The molecular weight excluding hydrogens is 138 g/mol. The van der Waals surface area contributed by atoms with Gasteiger partial charge in [0.05, 0.1) is 18.2 Å². The van der Waals surface area contributed by atoms with E-state index in [2.05, 4.69) is 15.3 Å². The first-order valence-corrected chi connectivity index (χ1v) is 3.35. The number of aliphatic imine (C=N–C) groups is 2. The highest BCUT2D eigenvalue weighted by molar-refractivity contribution is 5.76. The summed E-state index contributed by atoms with van der Waals surface area (Å²) in [6, 6.07) is 0. The smallest absolute Gasteiger partial charge is 0.0923 e. The average Bonchev–Trinajstić information content (AvgIpc) is 2.28. The van der Waals surface area contributed by atoms with Gasteiger partial charge in [0.15, 0.2) is 0 Å². The Morgan fingerprint density at radius 2 is 2.18 bits per heavy atom. The minimum Gasteiger partial charge on any atom is -0.345 e. The van der Waals surface area contributed by atoms with Crippen LogP contribution in [0.5, 0.6) is 0 Å². The summed E-state index contributed by atoms with van der Waals surface area (Å²) in [5.41, 5.74) is 2.05. The van der Waals surface area contributed by atoms with Crippen LogP contribution in [-0.2, 0) is 0 Å². The molecule has 0 aromatic heterocycles. The van der Waals surface area contributed by atoms with Gasteiger partial charge in [-0.3, -0.25) is 4.99 Å². The zero-order chi connectivity index (χ0) is 7.52. The summed E-state index contributed by atoms with van der Waals surface area (Å²) in [5.74, 6) is 0. The molecule has 0 atom stereocenters. The van der Waals surface area contributed by atoms with Crippen molar-refractivity contribution in [2.45, 2.75) is 0 Å². The highest BCUT2D eigenvalue weighted by atomic mass is 15.0. The molecule has 0 spiro atoms. The molecule has 11 heavy (non-hydrogen) atoms. The number of hydrogen-bond acceptors (Lipinski definition) is 3. The van der Waals surface area contributed by atoms with Crippen LogP contribution in [0.3, 0.4) is 0 Å². The molecule has 0 saturated carbocycles. The summed E-state index contributed by atoms with van der Waals surface area (Å²) in [7, 11) is 0. The highest BCUT2D eigenvalue weighted by Crippen LogP contribution is 2.12. The third kappa shape index (κ3) is 1.12. The molecule has 0 aromatic carbocycles. The summed E-state index contributed by atoms with van der Waals surface area (Å²) < 4.78 is 0. The Morgan fingerprint density at radius 3 is 3.18 bits per heavy atom. The summed E-state index contributed by atoms with van der Waals surface area (Å²) in [5, 5.41) is 3.00. The first-order valence-electron chi connectivity index (χ1n) is 3.35. The van der Waals surface area contributed by atoms with Crippen molar-refractivity contribution in [3.8, 4) is 0 Å².